The lowest BCUT2D eigenvalue weighted by atomic mass is 10.2. The number of hydrogen-bond donors (Lipinski definition) is 2. The minimum atomic E-state index is -0.880. The number of rotatable bonds is 4. The highest BCUT2D eigenvalue weighted by Crippen LogP contribution is 2.35. The van der Waals surface area contributed by atoms with Crippen molar-refractivity contribution in [3.8, 4) is 23.0 Å². The summed E-state index contributed by atoms with van der Waals surface area (Å²) >= 11 is 3.33. The summed E-state index contributed by atoms with van der Waals surface area (Å²) in [7, 11) is 2.95. The standard InChI is InChI=1S/C18H17BrN2O6/c1-24-13-7-10(8-14(25-2)16(13)19)17(22)20-21-18(23)15-9-26-11-5-3-4-6-12(11)27-15/h3-8,15H,9H2,1-2H3,(H,20,22)(H,21,23)/t15-/m0/s1. The number of carbonyl (C=O) groups is 2. The molecule has 0 aromatic heterocycles. The Morgan fingerprint density at radius 3 is 2.33 bits per heavy atom. The number of halogens is 1. The lowest BCUT2D eigenvalue weighted by Gasteiger charge is -2.25. The van der Waals surface area contributed by atoms with Gasteiger partial charge in [-0.05, 0) is 40.2 Å². The van der Waals surface area contributed by atoms with Crippen molar-refractivity contribution in [2.45, 2.75) is 6.10 Å². The van der Waals surface area contributed by atoms with Crippen LogP contribution in [0.3, 0.4) is 0 Å². The summed E-state index contributed by atoms with van der Waals surface area (Å²) in [4.78, 5) is 24.6. The molecule has 1 heterocycles. The molecule has 0 radical (unpaired) electrons. The number of fused-ring (bicyclic) bond motifs is 1. The molecule has 0 aliphatic carbocycles. The van der Waals surface area contributed by atoms with Gasteiger partial charge in [-0.25, -0.2) is 0 Å². The van der Waals surface area contributed by atoms with Crippen molar-refractivity contribution in [3.63, 3.8) is 0 Å². The zero-order valence-corrected chi connectivity index (χ0v) is 16.2. The Bertz CT molecular complexity index is 848. The molecule has 0 unspecified atom stereocenters. The van der Waals surface area contributed by atoms with E-state index in [-0.39, 0.29) is 12.2 Å². The van der Waals surface area contributed by atoms with Crippen molar-refractivity contribution >= 4 is 27.7 Å². The van der Waals surface area contributed by atoms with Crippen LogP contribution in [-0.4, -0.2) is 38.7 Å². The Hall–Kier alpha value is -2.94. The molecule has 3 rings (SSSR count). The predicted octanol–water partition coefficient (Wildman–Crippen LogP) is 2.07. The van der Waals surface area contributed by atoms with E-state index >= 15 is 0 Å². The van der Waals surface area contributed by atoms with Crippen LogP contribution in [0.25, 0.3) is 0 Å². The van der Waals surface area contributed by atoms with E-state index in [2.05, 4.69) is 26.8 Å². The van der Waals surface area contributed by atoms with Gasteiger partial charge in [-0.3, -0.25) is 20.4 Å². The molecule has 2 aromatic carbocycles. The highest BCUT2D eigenvalue weighted by molar-refractivity contribution is 9.10. The summed E-state index contributed by atoms with van der Waals surface area (Å²) in [6.45, 7) is 0.0403. The van der Waals surface area contributed by atoms with Crippen molar-refractivity contribution in [2.24, 2.45) is 0 Å². The molecular weight excluding hydrogens is 420 g/mol. The molecule has 2 aromatic rings. The van der Waals surface area contributed by atoms with E-state index in [0.717, 1.165) is 0 Å². The van der Waals surface area contributed by atoms with Gasteiger partial charge in [0.15, 0.2) is 11.5 Å². The Labute approximate surface area is 163 Å². The number of nitrogens with one attached hydrogen (secondary N) is 2. The molecule has 27 heavy (non-hydrogen) atoms. The van der Waals surface area contributed by atoms with Gasteiger partial charge < -0.3 is 18.9 Å². The molecule has 142 valence electrons. The summed E-state index contributed by atoms with van der Waals surface area (Å²) in [5, 5.41) is 0. The third-order valence-electron chi connectivity index (χ3n) is 3.81. The Morgan fingerprint density at radius 1 is 1.07 bits per heavy atom. The third-order valence-corrected chi connectivity index (χ3v) is 4.59. The quantitative estimate of drug-likeness (QED) is 0.712. The molecule has 0 fully saturated rings. The second-order valence-electron chi connectivity index (χ2n) is 5.50. The molecule has 9 heteroatoms. The van der Waals surface area contributed by atoms with E-state index in [1.54, 1.807) is 18.2 Å². The Kier molecular flexibility index (Phi) is 5.70. The largest absolute Gasteiger partial charge is 0.495 e. The number of hydrogen-bond acceptors (Lipinski definition) is 6. The average Bonchev–Trinajstić information content (AvgIpc) is 2.71. The van der Waals surface area contributed by atoms with E-state index < -0.39 is 17.9 Å². The smallest absolute Gasteiger partial charge is 0.283 e. The van der Waals surface area contributed by atoms with Gasteiger partial charge in [0.05, 0.1) is 14.2 Å². The Morgan fingerprint density at radius 2 is 1.70 bits per heavy atom. The average molecular weight is 437 g/mol. The van der Waals surface area contributed by atoms with Crippen LogP contribution in [-0.2, 0) is 4.79 Å². The van der Waals surface area contributed by atoms with Gasteiger partial charge >= 0.3 is 0 Å². The highest BCUT2D eigenvalue weighted by Gasteiger charge is 2.27. The number of benzene rings is 2. The van der Waals surface area contributed by atoms with Crippen molar-refractivity contribution in [1.82, 2.24) is 10.9 Å². The third kappa shape index (κ3) is 4.08. The lowest BCUT2D eigenvalue weighted by molar-refractivity contribution is -0.131. The van der Waals surface area contributed by atoms with Crippen LogP contribution in [0.1, 0.15) is 10.4 Å². The number of para-hydroxylation sites is 2. The first kappa shape index (κ1) is 18.8. The summed E-state index contributed by atoms with van der Waals surface area (Å²) in [5.74, 6) is 0.814. The zero-order chi connectivity index (χ0) is 19.4. The molecular formula is C18H17BrN2O6. The molecule has 0 spiro atoms. The zero-order valence-electron chi connectivity index (χ0n) is 14.6. The fourth-order valence-corrected chi connectivity index (χ4v) is 2.97. The molecule has 1 aliphatic rings. The second-order valence-corrected chi connectivity index (χ2v) is 6.30. The van der Waals surface area contributed by atoms with Crippen molar-refractivity contribution in [2.75, 3.05) is 20.8 Å². The van der Waals surface area contributed by atoms with Crippen LogP contribution in [0.4, 0.5) is 0 Å². The second kappa shape index (κ2) is 8.17. The molecule has 0 saturated heterocycles. The van der Waals surface area contributed by atoms with Gasteiger partial charge in [0.2, 0.25) is 6.10 Å². The molecule has 2 amide bonds. The minimum Gasteiger partial charge on any atom is -0.495 e. The van der Waals surface area contributed by atoms with Gasteiger partial charge in [-0.1, -0.05) is 12.1 Å². The first-order chi connectivity index (χ1) is 13.0. The number of hydrazine groups is 1. The van der Waals surface area contributed by atoms with Gasteiger partial charge in [0.1, 0.15) is 22.6 Å². The van der Waals surface area contributed by atoms with E-state index in [1.165, 1.54) is 26.4 Å². The van der Waals surface area contributed by atoms with E-state index in [4.69, 9.17) is 18.9 Å². The topological polar surface area (TPSA) is 95.1 Å². The van der Waals surface area contributed by atoms with Crippen molar-refractivity contribution < 1.29 is 28.5 Å². The molecule has 8 nitrogen and oxygen atoms in total. The van der Waals surface area contributed by atoms with Crippen LogP contribution in [0.5, 0.6) is 23.0 Å². The monoisotopic (exact) mass is 436 g/mol. The number of carbonyl (C=O) groups excluding carboxylic acids is 2. The minimum absolute atomic E-state index is 0.0403. The number of methoxy groups -OCH3 is 2. The maximum absolute atomic E-state index is 12.4. The van der Waals surface area contributed by atoms with E-state index in [9.17, 15) is 9.59 Å². The van der Waals surface area contributed by atoms with Gasteiger partial charge in [0.25, 0.3) is 11.8 Å². The SMILES string of the molecule is COc1cc(C(=O)NNC(=O)[C@@H]2COc3ccccc3O2)cc(OC)c1Br. The van der Waals surface area contributed by atoms with Crippen LogP contribution < -0.4 is 29.8 Å². The lowest BCUT2D eigenvalue weighted by Crippen LogP contribution is -2.50. The van der Waals surface area contributed by atoms with Crippen LogP contribution in [0, 0.1) is 0 Å². The molecule has 1 aliphatic heterocycles. The summed E-state index contributed by atoms with van der Waals surface area (Å²) < 4.78 is 22.1. The molecule has 0 bridgehead atoms. The van der Waals surface area contributed by atoms with Crippen molar-refractivity contribution in [3.05, 3.63) is 46.4 Å². The van der Waals surface area contributed by atoms with Crippen LogP contribution in [0.15, 0.2) is 40.9 Å². The highest BCUT2D eigenvalue weighted by atomic mass is 79.9. The van der Waals surface area contributed by atoms with Gasteiger partial charge in [-0.2, -0.15) is 0 Å². The number of ether oxygens (including phenoxy) is 4. The van der Waals surface area contributed by atoms with Crippen molar-refractivity contribution in [1.29, 1.82) is 0 Å². The van der Waals surface area contributed by atoms with Gasteiger partial charge in [-0.15, -0.1) is 0 Å². The first-order valence-corrected chi connectivity index (χ1v) is 8.73. The maximum Gasteiger partial charge on any atom is 0.283 e. The fraction of sp³-hybridized carbons (Fsp3) is 0.222. The van der Waals surface area contributed by atoms with Gasteiger partial charge in [0, 0.05) is 5.56 Å². The predicted molar refractivity (Wildman–Crippen MR) is 99.2 cm³/mol. The summed E-state index contributed by atoms with van der Waals surface area (Å²) in [5.41, 5.74) is 4.92. The van der Waals surface area contributed by atoms with E-state index in [0.29, 0.717) is 27.5 Å². The normalized spacial score (nSPS) is 14.9. The molecule has 2 N–H and O–H groups in total. The first-order valence-electron chi connectivity index (χ1n) is 7.93. The summed E-state index contributed by atoms with van der Waals surface area (Å²) in [6, 6.07) is 10.1. The number of amides is 2. The Balaban J connectivity index is 1.63. The van der Waals surface area contributed by atoms with Crippen LogP contribution in [0.2, 0.25) is 0 Å². The van der Waals surface area contributed by atoms with E-state index in [1.807, 2.05) is 6.07 Å². The molecule has 1 atom stereocenters. The molecule has 0 saturated carbocycles. The van der Waals surface area contributed by atoms with Crippen LogP contribution >= 0.6 is 15.9 Å². The summed E-state index contributed by atoms with van der Waals surface area (Å²) in [6.07, 6.45) is -0.880. The fourth-order valence-electron chi connectivity index (χ4n) is 2.42. The maximum atomic E-state index is 12.4.